The second-order valence-corrected chi connectivity index (χ2v) is 7.68. The van der Waals surface area contributed by atoms with Crippen LogP contribution >= 0.6 is 24.8 Å². The Kier molecular flexibility index (Phi) is 12.0. The van der Waals surface area contributed by atoms with E-state index in [1.165, 1.54) is 37.7 Å². The van der Waals surface area contributed by atoms with Crippen molar-refractivity contribution in [3.05, 3.63) is 29.8 Å². The molecule has 0 aromatic heterocycles. The lowest BCUT2D eigenvalue weighted by Crippen LogP contribution is -2.34. The molecule has 1 atom stereocenters. The first-order valence-corrected chi connectivity index (χ1v) is 10.1. The van der Waals surface area contributed by atoms with E-state index in [0.29, 0.717) is 12.6 Å². The highest BCUT2D eigenvalue weighted by molar-refractivity contribution is 5.93. The lowest BCUT2D eigenvalue weighted by atomic mass is 9.94. The van der Waals surface area contributed by atoms with Gasteiger partial charge in [0.2, 0.25) is 5.91 Å². The molecule has 1 aliphatic heterocycles. The topological polar surface area (TPSA) is 53.6 Å². The molecule has 1 aromatic rings. The summed E-state index contributed by atoms with van der Waals surface area (Å²) in [5.41, 5.74) is 2.12. The van der Waals surface area contributed by atoms with Crippen LogP contribution in [0.1, 0.15) is 50.5 Å². The molecule has 2 aliphatic rings. The van der Waals surface area contributed by atoms with Gasteiger partial charge in [0.25, 0.3) is 0 Å². The number of nitrogens with one attached hydrogen (secondary N) is 2. The largest absolute Gasteiger partial charge is 0.377 e. The Bertz CT molecular complexity index is 577. The molecule has 7 heteroatoms. The Hall–Kier alpha value is -0.850. The van der Waals surface area contributed by atoms with Gasteiger partial charge in [0, 0.05) is 31.4 Å². The lowest BCUT2D eigenvalue weighted by Gasteiger charge is -2.31. The quantitative estimate of drug-likeness (QED) is 0.652. The molecule has 1 heterocycles. The summed E-state index contributed by atoms with van der Waals surface area (Å²) in [6.45, 7) is 2.80. The number of nitrogens with zero attached hydrogens (tertiary/aromatic N) is 1. The summed E-state index contributed by atoms with van der Waals surface area (Å²) in [7, 11) is 2.21. The van der Waals surface area contributed by atoms with Crippen molar-refractivity contribution in [1.82, 2.24) is 10.2 Å². The Morgan fingerprint density at radius 1 is 1.11 bits per heavy atom. The molecular formula is C21H35Cl2N3O2. The van der Waals surface area contributed by atoms with Gasteiger partial charge in [-0.2, -0.15) is 0 Å². The number of benzene rings is 1. The Morgan fingerprint density at radius 3 is 2.57 bits per heavy atom. The van der Waals surface area contributed by atoms with Crippen molar-refractivity contribution in [3.63, 3.8) is 0 Å². The maximum Gasteiger partial charge on any atom is 0.238 e. The SMILES string of the molecule is CN(Cc1ccccc1NC(=O)CNCC1CCCO1)C1CCCCC1.Cl.Cl. The van der Waals surface area contributed by atoms with E-state index < -0.39 is 0 Å². The van der Waals surface area contributed by atoms with Gasteiger partial charge in [-0.05, 0) is 44.4 Å². The van der Waals surface area contributed by atoms with E-state index in [2.05, 4.69) is 34.7 Å². The van der Waals surface area contributed by atoms with Crippen molar-refractivity contribution < 1.29 is 9.53 Å². The first kappa shape index (κ1) is 25.2. The van der Waals surface area contributed by atoms with Crippen molar-refractivity contribution in [3.8, 4) is 0 Å². The fourth-order valence-electron chi connectivity index (χ4n) is 4.05. The van der Waals surface area contributed by atoms with Gasteiger partial charge in [-0.1, -0.05) is 37.5 Å². The highest BCUT2D eigenvalue weighted by Crippen LogP contribution is 2.24. The van der Waals surface area contributed by atoms with Gasteiger partial charge >= 0.3 is 0 Å². The van der Waals surface area contributed by atoms with Gasteiger partial charge in [0.15, 0.2) is 0 Å². The van der Waals surface area contributed by atoms with Crippen LogP contribution in [0.15, 0.2) is 24.3 Å². The number of amides is 1. The van der Waals surface area contributed by atoms with Crippen LogP contribution in [-0.2, 0) is 16.1 Å². The molecule has 0 radical (unpaired) electrons. The average molecular weight is 432 g/mol. The third-order valence-corrected chi connectivity index (χ3v) is 5.59. The van der Waals surface area contributed by atoms with Gasteiger partial charge in [-0.3, -0.25) is 9.69 Å². The van der Waals surface area contributed by atoms with Crippen molar-refractivity contribution >= 4 is 36.4 Å². The summed E-state index contributed by atoms with van der Waals surface area (Å²) in [4.78, 5) is 14.7. The second kappa shape index (κ2) is 13.4. The number of para-hydroxylation sites is 1. The third kappa shape index (κ3) is 7.88. The average Bonchev–Trinajstić information content (AvgIpc) is 3.17. The summed E-state index contributed by atoms with van der Waals surface area (Å²) in [6, 6.07) is 8.83. The number of anilines is 1. The highest BCUT2D eigenvalue weighted by Gasteiger charge is 2.19. The number of carbonyl (C=O) groups is 1. The maximum atomic E-state index is 12.3. The minimum atomic E-state index is 0. The van der Waals surface area contributed by atoms with E-state index >= 15 is 0 Å². The molecule has 0 spiro atoms. The van der Waals surface area contributed by atoms with Crippen molar-refractivity contribution in [2.24, 2.45) is 0 Å². The molecule has 1 amide bonds. The van der Waals surface area contributed by atoms with Gasteiger partial charge < -0.3 is 15.4 Å². The molecule has 0 bridgehead atoms. The zero-order chi connectivity index (χ0) is 18.2. The minimum Gasteiger partial charge on any atom is -0.377 e. The lowest BCUT2D eigenvalue weighted by molar-refractivity contribution is -0.115. The molecule has 1 aromatic carbocycles. The number of rotatable bonds is 8. The van der Waals surface area contributed by atoms with Gasteiger partial charge in [-0.15, -0.1) is 24.8 Å². The van der Waals surface area contributed by atoms with Gasteiger partial charge in [0.05, 0.1) is 12.6 Å². The van der Waals surface area contributed by atoms with E-state index in [1.54, 1.807) is 0 Å². The molecule has 5 nitrogen and oxygen atoms in total. The summed E-state index contributed by atoms with van der Waals surface area (Å²) >= 11 is 0. The molecule has 2 N–H and O–H groups in total. The number of hydrogen-bond acceptors (Lipinski definition) is 4. The zero-order valence-corrected chi connectivity index (χ0v) is 18.5. The maximum absolute atomic E-state index is 12.3. The van der Waals surface area contributed by atoms with Crippen LogP contribution in [0.25, 0.3) is 0 Å². The number of carbonyl (C=O) groups excluding carboxylic acids is 1. The van der Waals surface area contributed by atoms with E-state index in [4.69, 9.17) is 4.74 Å². The summed E-state index contributed by atoms with van der Waals surface area (Å²) in [6.07, 6.45) is 9.10. The molecule has 1 saturated carbocycles. The zero-order valence-electron chi connectivity index (χ0n) is 16.8. The molecule has 1 aliphatic carbocycles. The smallest absolute Gasteiger partial charge is 0.238 e. The number of ether oxygens (including phenoxy) is 1. The molecule has 28 heavy (non-hydrogen) atoms. The fraction of sp³-hybridized carbons (Fsp3) is 0.667. The summed E-state index contributed by atoms with van der Waals surface area (Å²) in [5.74, 6) is 0.00997. The van der Waals surface area contributed by atoms with Gasteiger partial charge in [0.1, 0.15) is 0 Å². The summed E-state index contributed by atoms with van der Waals surface area (Å²) in [5, 5.41) is 6.29. The Labute approximate surface area is 181 Å². The molecule has 2 fully saturated rings. The van der Waals surface area contributed by atoms with Gasteiger partial charge in [-0.25, -0.2) is 0 Å². The predicted octanol–water partition coefficient (Wildman–Crippen LogP) is 4.00. The van der Waals surface area contributed by atoms with Crippen LogP contribution in [0.3, 0.4) is 0 Å². The van der Waals surface area contributed by atoms with Crippen molar-refractivity contribution in [2.75, 3.05) is 32.1 Å². The normalized spacial score (nSPS) is 19.7. The highest BCUT2D eigenvalue weighted by atomic mass is 35.5. The first-order valence-electron chi connectivity index (χ1n) is 10.1. The third-order valence-electron chi connectivity index (χ3n) is 5.59. The van der Waals surface area contributed by atoms with Crippen molar-refractivity contribution in [2.45, 2.75) is 63.6 Å². The molecule has 160 valence electrons. The Morgan fingerprint density at radius 2 is 1.86 bits per heavy atom. The number of halogens is 2. The Balaban J connectivity index is 0.00000196. The van der Waals surface area contributed by atoms with Crippen LogP contribution in [-0.4, -0.2) is 49.7 Å². The van der Waals surface area contributed by atoms with E-state index in [1.807, 2.05) is 12.1 Å². The van der Waals surface area contributed by atoms with Crippen LogP contribution in [0.2, 0.25) is 0 Å². The van der Waals surface area contributed by atoms with Crippen LogP contribution in [0.4, 0.5) is 5.69 Å². The molecular weight excluding hydrogens is 397 g/mol. The van der Waals surface area contributed by atoms with Crippen LogP contribution in [0, 0.1) is 0 Å². The minimum absolute atomic E-state index is 0. The van der Waals surface area contributed by atoms with E-state index in [9.17, 15) is 4.79 Å². The first-order chi connectivity index (χ1) is 12.7. The second-order valence-electron chi connectivity index (χ2n) is 7.68. The monoisotopic (exact) mass is 431 g/mol. The van der Waals surface area contributed by atoms with E-state index in [-0.39, 0.29) is 36.8 Å². The predicted molar refractivity (Wildman–Crippen MR) is 120 cm³/mol. The number of hydrogen-bond donors (Lipinski definition) is 2. The molecule has 1 unspecified atom stereocenters. The summed E-state index contributed by atoms with van der Waals surface area (Å²) < 4.78 is 5.57. The van der Waals surface area contributed by atoms with Crippen molar-refractivity contribution in [1.29, 1.82) is 0 Å². The molecule has 3 rings (SSSR count). The standard InChI is InChI=1S/C21H33N3O2.2ClH/c1-24(18-9-3-2-4-10-18)16-17-8-5-6-12-20(17)23-21(25)15-22-14-19-11-7-13-26-19;;/h5-6,8,12,18-19,22H,2-4,7,9-11,13-16H2,1H3,(H,23,25);2*1H. The van der Waals surface area contributed by atoms with Crippen LogP contribution in [0.5, 0.6) is 0 Å². The molecule has 1 saturated heterocycles. The fourth-order valence-corrected chi connectivity index (χ4v) is 4.05. The van der Waals surface area contributed by atoms with E-state index in [0.717, 1.165) is 38.2 Å². The van der Waals surface area contributed by atoms with Crippen LogP contribution < -0.4 is 10.6 Å².